The van der Waals surface area contributed by atoms with E-state index in [1.807, 2.05) is 60.7 Å². The molecule has 2 amide bonds. The summed E-state index contributed by atoms with van der Waals surface area (Å²) in [5.41, 5.74) is 3.60. The van der Waals surface area contributed by atoms with Crippen molar-refractivity contribution >= 4 is 23.3 Å². The maximum absolute atomic E-state index is 13.0. The minimum absolute atomic E-state index is 0.180. The van der Waals surface area contributed by atoms with Crippen molar-refractivity contribution in [3.8, 4) is 5.75 Å². The summed E-state index contributed by atoms with van der Waals surface area (Å²) in [5.74, 6) is 0.701. The SMILES string of the molecule is CC1N=C(C(=O)N2CCN(CCOc3ccccc3)CC2)NN(c2ccccc2)C1=O. The molecule has 162 valence electrons. The first-order valence-corrected chi connectivity index (χ1v) is 10.5. The van der Waals surface area contributed by atoms with Gasteiger partial charge in [-0.3, -0.25) is 19.9 Å². The minimum Gasteiger partial charge on any atom is -0.492 e. The fourth-order valence-electron chi connectivity index (χ4n) is 3.63. The van der Waals surface area contributed by atoms with Crippen molar-refractivity contribution in [2.75, 3.05) is 44.3 Å². The molecule has 31 heavy (non-hydrogen) atoms. The third kappa shape index (κ3) is 5.03. The molecule has 0 radical (unpaired) electrons. The largest absolute Gasteiger partial charge is 0.492 e. The van der Waals surface area contributed by atoms with E-state index in [0.717, 1.165) is 25.4 Å². The van der Waals surface area contributed by atoms with E-state index >= 15 is 0 Å². The van der Waals surface area contributed by atoms with Crippen LogP contribution in [0.15, 0.2) is 65.7 Å². The van der Waals surface area contributed by atoms with Crippen LogP contribution in [0.3, 0.4) is 0 Å². The Hall–Kier alpha value is -3.39. The van der Waals surface area contributed by atoms with Crippen LogP contribution in [-0.4, -0.2) is 72.8 Å². The van der Waals surface area contributed by atoms with Crippen LogP contribution in [0.25, 0.3) is 0 Å². The summed E-state index contributed by atoms with van der Waals surface area (Å²) in [6.07, 6.45) is 0. The predicted octanol–water partition coefficient (Wildman–Crippen LogP) is 1.55. The first-order chi connectivity index (χ1) is 15.1. The van der Waals surface area contributed by atoms with Crippen molar-refractivity contribution in [1.29, 1.82) is 0 Å². The van der Waals surface area contributed by atoms with E-state index in [1.165, 1.54) is 5.01 Å². The molecular weight excluding hydrogens is 394 g/mol. The Morgan fingerprint density at radius 3 is 2.35 bits per heavy atom. The van der Waals surface area contributed by atoms with Crippen LogP contribution in [0, 0.1) is 0 Å². The standard InChI is InChI=1S/C23H27N5O3/c1-18-22(29)28(19-8-4-2-5-9-19)25-21(24-18)23(30)27-14-12-26(13-15-27)16-17-31-20-10-6-3-7-11-20/h2-11,18H,12-17H2,1H3,(H,24,25). The summed E-state index contributed by atoms with van der Waals surface area (Å²) >= 11 is 0. The van der Waals surface area contributed by atoms with Crippen LogP contribution in [0.4, 0.5) is 5.69 Å². The number of anilines is 1. The lowest BCUT2D eigenvalue weighted by molar-refractivity contribution is -0.126. The minimum atomic E-state index is -0.614. The summed E-state index contributed by atoms with van der Waals surface area (Å²) < 4.78 is 5.77. The van der Waals surface area contributed by atoms with E-state index in [-0.39, 0.29) is 17.6 Å². The van der Waals surface area contributed by atoms with Gasteiger partial charge in [0.05, 0.1) is 5.69 Å². The summed E-state index contributed by atoms with van der Waals surface area (Å²) in [7, 11) is 0. The van der Waals surface area contributed by atoms with Crippen molar-refractivity contribution < 1.29 is 14.3 Å². The number of para-hydroxylation sites is 2. The van der Waals surface area contributed by atoms with Crippen LogP contribution in [0.1, 0.15) is 6.92 Å². The Labute approximate surface area is 182 Å². The van der Waals surface area contributed by atoms with E-state index < -0.39 is 6.04 Å². The summed E-state index contributed by atoms with van der Waals surface area (Å²) in [6.45, 7) is 5.89. The molecule has 2 aliphatic heterocycles. The number of ether oxygens (including phenoxy) is 1. The number of amidine groups is 1. The molecule has 8 heteroatoms. The highest BCUT2D eigenvalue weighted by Gasteiger charge is 2.33. The Balaban J connectivity index is 1.30. The second kappa shape index (κ2) is 9.61. The lowest BCUT2D eigenvalue weighted by atomic mass is 10.2. The molecule has 1 unspecified atom stereocenters. The number of carbonyl (C=O) groups is 2. The Kier molecular flexibility index (Phi) is 6.47. The van der Waals surface area contributed by atoms with Gasteiger partial charge in [0, 0.05) is 32.7 Å². The number of hydrogen-bond donors (Lipinski definition) is 1. The van der Waals surface area contributed by atoms with E-state index in [9.17, 15) is 9.59 Å². The number of rotatable bonds is 6. The van der Waals surface area contributed by atoms with Gasteiger partial charge in [-0.2, -0.15) is 0 Å². The summed E-state index contributed by atoms with van der Waals surface area (Å²) in [4.78, 5) is 33.9. The maximum Gasteiger partial charge on any atom is 0.290 e. The van der Waals surface area contributed by atoms with E-state index in [0.29, 0.717) is 25.4 Å². The second-order valence-electron chi connectivity index (χ2n) is 7.57. The molecule has 8 nitrogen and oxygen atoms in total. The fourth-order valence-corrected chi connectivity index (χ4v) is 3.63. The first-order valence-electron chi connectivity index (χ1n) is 10.5. The Bertz CT molecular complexity index is 927. The van der Waals surface area contributed by atoms with Crippen molar-refractivity contribution in [3.05, 3.63) is 60.7 Å². The highest BCUT2D eigenvalue weighted by atomic mass is 16.5. The lowest BCUT2D eigenvalue weighted by Crippen LogP contribution is -2.60. The maximum atomic E-state index is 13.0. The Morgan fingerprint density at radius 1 is 1.03 bits per heavy atom. The van der Waals surface area contributed by atoms with Crippen molar-refractivity contribution in [2.45, 2.75) is 13.0 Å². The molecule has 2 aliphatic rings. The number of amides is 2. The molecule has 2 heterocycles. The molecule has 0 spiro atoms. The van der Waals surface area contributed by atoms with Gasteiger partial charge in [-0.15, -0.1) is 0 Å². The zero-order chi connectivity index (χ0) is 21.6. The number of nitrogens with zero attached hydrogens (tertiary/aromatic N) is 4. The highest BCUT2D eigenvalue weighted by Crippen LogP contribution is 2.17. The Morgan fingerprint density at radius 2 is 1.68 bits per heavy atom. The first kappa shape index (κ1) is 20.9. The number of benzene rings is 2. The molecule has 0 aromatic heterocycles. The van der Waals surface area contributed by atoms with Gasteiger partial charge >= 0.3 is 0 Å². The molecular formula is C23H27N5O3. The predicted molar refractivity (Wildman–Crippen MR) is 119 cm³/mol. The van der Waals surface area contributed by atoms with Gasteiger partial charge in [0.15, 0.2) is 0 Å². The van der Waals surface area contributed by atoms with Crippen LogP contribution >= 0.6 is 0 Å². The van der Waals surface area contributed by atoms with Crippen LogP contribution in [0.5, 0.6) is 5.75 Å². The smallest absolute Gasteiger partial charge is 0.290 e. The van der Waals surface area contributed by atoms with Crippen LogP contribution < -0.4 is 15.2 Å². The molecule has 1 atom stereocenters. The van der Waals surface area contributed by atoms with Crippen molar-refractivity contribution in [1.82, 2.24) is 15.2 Å². The van der Waals surface area contributed by atoms with Gasteiger partial charge in [0.2, 0.25) is 5.84 Å². The zero-order valence-corrected chi connectivity index (χ0v) is 17.6. The number of carbonyl (C=O) groups excluding carboxylic acids is 2. The number of nitrogens with one attached hydrogen (secondary N) is 1. The van der Waals surface area contributed by atoms with E-state index in [4.69, 9.17) is 4.74 Å². The van der Waals surface area contributed by atoms with Gasteiger partial charge in [0.1, 0.15) is 18.4 Å². The van der Waals surface area contributed by atoms with Gasteiger partial charge in [-0.25, -0.2) is 10.0 Å². The van der Waals surface area contributed by atoms with Gasteiger partial charge < -0.3 is 9.64 Å². The molecule has 4 rings (SSSR count). The highest BCUT2D eigenvalue weighted by molar-refractivity contribution is 6.39. The molecule has 2 aromatic carbocycles. The normalized spacial score (nSPS) is 19.6. The summed E-state index contributed by atoms with van der Waals surface area (Å²) in [6, 6.07) is 18.4. The number of aliphatic imine (C=N–C) groups is 1. The van der Waals surface area contributed by atoms with Crippen molar-refractivity contribution in [2.24, 2.45) is 4.99 Å². The molecule has 0 bridgehead atoms. The van der Waals surface area contributed by atoms with E-state index in [2.05, 4.69) is 15.3 Å². The zero-order valence-electron chi connectivity index (χ0n) is 17.6. The molecule has 1 fully saturated rings. The number of piperazine rings is 1. The van der Waals surface area contributed by atoms with Gasteiger partial charge in [-0.05, 0) is 31.2 Å². The number of hydrogen-bond acceptors (Lipinski definition) is 6. The quantitative estimate of drug-likeness (QED) is 0.766. The third-order valence-electron chi connectivity index (χ3n) is 5.41. The lowest BCUT2D eigenvalue weighted by Gasteiger charge is -2.36. The van der Waals surface area contributed by atoms with E-state index in [1.54, 1.807) is 11.8 Å². The van der Waals surface area contributed by atoms with Gasteiger partial charge in [0.25, 0.3) is 11.8 Å². The molecule has 1 saturated heterocycles. The topological polar surface area (TPSA) is 77.5 Å². The van der Waals surface area contributed by atoms with Crippen molar-refractivity contribution in [3.63, 3.8) is 0 Å². The van der Waals surface area contributed by atoms with Gasteiger partial charge in [-0.1, -0.05) is 36.4 Å². The molecule has 2 aromatic rings. The second-order valence-corrected chi connectivity index (χ2v) is 7.57. The monoisotopic (exact) mass is 421 g/mol. The van der Waals surface area contributed by atoms with Crippen LogP contribution in [-0.2, 0) is 9.59 Å². The molecule has 0 saturated carbocycles. The van der Waals surface area contributed by atoms with Crippen LogP contribution in [0.2, 0.25) is 0 Å². The fraction of sp³-hybridized carbons (Fsp3) is 0.348. The average Bonchev–Trinajstić information content (AvgIpc) is 2.82. The summed E-state index contributed by atoms with van der Waals surface area (Å²) in [5, 5.41) is 1.40. The average molecular weight is 422 g/mol. The number of hydrazine groups is 1. The molecule has 1 N–H and O–H groups in total. The molecule has 0 aliphatic carbocycles. The third-order valence-corrected chi connectivity index (χ3v) is 5.41.